The third kappa shape index (κ3) is 4.49. The van der Waals surface area contributed by atoms with Crippen LogP contribution in [0.15, 0.2) is 53.3 Å². The second kappa shape index (κ2) is 7.24. The Bertz CT molecular complexity index is 484. The Hall–Kier alpha value is -1.62. The van der Waals surface area contributed by atoms with Crippen LogP contribution in [0.3, 0.4) is 0 Å². The fourth-order valence-electron chi connectivity index (χ4n) is 2.24. The zero-order valence-corrected chi connectivity index (χ0v) is 11.8. The van der Waals surface area contributed by atoms with Gasteiger partial charge in [0, 0.05) is 24.7 Å². The average molecular weight is 274 g/mol. The third-order valence-electron chi connectivity index (χ3n) is 3.34. The zero-order chi connectivity index (χ0) is 14.4. The predicted octanol–water partition coefficient (Wildman–Crippen LogP) is 1.64. The van der Waals surface area contributed by atoms with Crippen molar-refractivity contribution in [2.24, 2.45) is 5.73 Å². The summed E-state index contributed by atoms with van der Waals surface area (Å²) in [5, 5.41) is 10.2. The number of furan rings is 1. The summed E-state index contributed by atoms with van der Waals surface area (Å²) in [5.74, 6) is 0. The second-order valence-corrected chi connectivity index (χ2v) is 5.25. The molecule has 0 aliphatic rings. The SMILES string of the molecule is CN(Cc1ccoc1)CC(O)C(N)Cc1ccccc1. The standard InChI is InChI=1S/C16H22N2O2/c1-18(10-14-7-8-20-12-14)11-16(19)15(17)9-13-5-3-2-4-6-13/h2-8,12,15-16,19H,9-11,17H2,1H3. The molecule has 0 saturated heterocycles. The summed E-state index contributed by atoms with van der Waals surface area (Å²) in [6.45, 7) is 1.28. The van der Waals surface area contributed by atoms with Crippen molar-refractivity contribution in [2.45, 2.75) is 25.1 Å². The van der Waals surface area contributed by atoms with E-state index in [-0.39, 0.29) is 6.04 Å². The van der Waals surface area contributed by atoms with Crippen molar-refractivity contribution < 1.29 is 9.52 Å². The predicted molar refractivity (Wildman–Crippen MR) is 79.2 cm³/mol. The Kier molecular flexibility index (Phi) is 5.35. The lowest BCUT2D eigenvalue weighted by molar-refractivity contribution is 0.0991. The highest BCUT2D eigenvalue weighted by Crippen LogP contribution is 2.08. The van der Waals surface area contributed by atoms with Gasteiger partial charge in [0.1, 0.15) is 0 Å². The van der Waals surface area contributed by atoms with E-state index in [0.29, 0.717) is 13.0 Å². The maximum absolute atomic E-state index is 10.2. The van der Waals surface area contributed by atoms with Crippen LogP contribution in [0.5, 0.6) is 0 Å². The van der Waals surface area contributed by atoms with Crippen LogP contribution in [0.25, 0.3) is 0 Å². The molecule has 20 heavy (non-hydrogen) atoms. The quantitative estimate of drug-likeness (QED) is 0.806. The van der Waals surface area contributed by atoms with Gasteiger partial charge >= 0.3 is 0 Å². The maximum atomic E-state index is 10.2. The summed E-state index contributed by atoms with van der Waals surface area (Å²) in [6, 6.07) is 11.7. The van der Waals surface area contributed by atoms with E-state index in [2.05, 4.69) is 0 Å². The molecule has 0 saturated carbocycles. The summed E-state index contributed by atoms with van der Waals surface area (Å²) in [5.41, 5.74) is 8.32. The summed E-state index contributed by atoms with van der Waals surface area (Å²) >= 11 is 0. The van der Waals surface area contributed by atoms with Gasteiger partial charge in [-0.25, -0.2) is 0 Å². The molecule has 0 spiro atoms. The molecule has 2 atom stereocenters. The normalized spacial score (nSPS) is 14.4. The third-order valence-corrected chi connectivity index (χ3v) is 3.34. The van der Waals surface area contributed by atoms with Crippen LogP contribution in [-0.2, 0) is 13.0 Å². The summed E-state index contributed by atoms with van der Waals surface area (Å²) in [4.78, 5) is 2.04. The lowest BCUT2D eigenvalue weighted by atomic mass is 10.0. The van der Waals surface area contributed by atoms with Crippen LogP contribution in [0, 0.1) is 0 Å². The lowest BCUT2D eigenvalue weighted by Gasteiger charge is -2.24. The van der Waals surface area contributed by atoms with Crippen molar-refractivity contribution in [1.82, 2.24) is 4.90 Å². The van der Waals surface area contributed by atoms with Crippen LogP contribution >= 0.6 is 0 Å². The van der Waals surface area contributed by atoms with E-state index in [9.17, 15) is 5.11 Å². The average Bonchev–Trinajstić information content (AvgIpc) is 2.92. The van der Waals surface area contributed by atoms with Gasteiger partial charge in [0.05, 0.1) is 18.6 Å². The van der Waals surface area contributed by atoms with Crippen molar-refractivity contribution >= 4 is 0 Å². The van der Waals surface area contributed by atoms with Crippen molar-refractivity contribution in [2.75, 3.05) is 13.6 Å². The van der Waals surface area contributed by atoms with Crippen LogP contribution in [-0.4, -0.2) is 35.7 Å². The summed E-state index contributed by atoms with van der Waals surface area (Å²) in [6.07, 6.45) is 3.50. The molecule has 2 aromatic rings. The van der Waals surface area contributed by atoms with E-state index in [0.717, 1.165) is 17.7 Å². The van der Waals surface area contributed by atoms with Crippen molar-refractivity contribution in [3.63, 3.8) is 0 Å². The van der Waals surface area contributed by atoms with Crippen molar-refractivity contribution in [3.8, 4) is 0 Å². The molecule has 0 amide bonds. The summed E-state index contributed by atoms with van der Waals surface area (Å²) in [7, 11) is 1.96. The second-order valence-electron chi connectivity index (χ2n) is 5.25. The molecule has 4 heteroatoms. The molecule has 3 N–H and O–H groups in total. The smallest absolute Gasteiger partial charge is 0.0947 e. The molecule has 2 rings (SSSR count). The van der Waals surface area contributed by atoms with E-state index in [1.165, 1.54) is 0 Å². The number of hydrogen-bond acceptors (Lipinski definition) is 4. The van der Waals surface area contributed by atoms with E-state index >= 15 is 0 Å². The molecule has 4 nitrogen and oxygen atoms in total. The molecular weight excluding hydrogens is 252 g/mol. The van der Waals surface area contributed by atoms with Gasteiger partial charge in [-0.1, -0.05) is 30.3 Å². The molecule has 0 aliphatic carbocycles. The van der Waals surface area contributed by atoms with E-state index in [4.69, 9.17) is 10.2 Å². The molecule has 2 unspecified atom stereocenters. The molecular formula is C16H22N2O2. The highest BCUT2D eigenvalue weighted by Gasteiger charge is 2.17. The van der Waals surface area contributed by atoms with Gasteiger partial charge in [0.2, 0.25) is 0 Å². The first kappa shape index (κ1) is 14.8. The van der Waals surface area contributed by atoms with Gasteiger partial charge in [0.25, 0.3) is 0 Å². The minimum Gasteiger partial charge on any atom is -0.472 e. The van der Waals surface area contributed by atoms with E-state index in [1.54, 1.807) is 12.5 Å². The van der Waals surface area contributed by atoms with Crippen molar-refractivity contribution in [1.29, 1.82) is 0 Å². The fourth-order valence-corrected chi connectivity index (χ4v) is 2.24. The number of likely N-dealkylation sites (N-methyl/N-ethyl adjacent to an activating group) is 1. The molecule has 0 bridgehead atoms. The molecule has 108 valence electrons. The van der Waals surface area contributed by atoms with Crippen LogP contribution in [0.4, 0.5) is 0 Å². The Balaban J connectivity index is 1.80. The minimum absolute atomic E-state index is 0.260. The number of nitrogens with two attached hydrogens (primary N) is 1. The van der Waals surface area contributed by atoms with E-state index < -0.39 is 6.10 Å². The first-order chi connectivity index (χ1) is 9.65. The number of aliphatic hydroxyl groups is 1. The Morgan fingerprint density at radius 1 is 1.20 bits per heavy atom. The monoisotopic (exact) mass is 274 g/mol. The van der Waals surface area contributed by atoms with Gasteiger partial charge in [0.15, 0.2) is 0 Å². The van der Waals surface area contributed by atoms with Crippen LogP contribution in [0.1, 0.15) is 11.1 Å². The van der Waals surface area contributed by atoms with Crippen LogP contribution in [0.2, 0.25) is 0 Å². The lowest BCUT2D eigenvalue weighted by Crippen LogP contribution is -2.43. The Morgan fingerprint density at radius 2 is 1.95 bits per heavy atom. The number of benzene rings is 1. The van der Waals surface area contributed by atoms with E-state index in [1.807, 2.05) is 48.3 Å². The zero-order valence-electron chi connectivity index (χ0n) is 11.8. The van der Waals surface area contributed by atoms with Crippen molar-refractivity contribution in [3.05, 3.63) is 60.1 Å². The highest BCUT2D eigenvalue weighted by molar-refractivity contribution is 5.16. The molecule has 0 radical (unpaired) electrons. The largest absolute Gasteiger partial charge is 0.472 e. The van der Waals surface area contributed by atoms with Crippen LogP contribution < -0.4 is 5.73 Å². The number of nitrogens with zero attached hydrogens (tertiary/aromatic N) is 1. The molecule has 1 aromatic carbocycles. The highest BCUT2D eigenvalue weighted by atomic mass is 16.3. The molecule has 0 aliphatic heterocycles. The molecule has 0 fully saturated rings. The molecule has 1 aromatic heterocycles. The summed E-state index contributed by atoms with van der Waals surface area (Å²) < 4.78 is 5.03. The van der Waals surface area contributed by atoms with Gasteiger partial charge in [-0.05, 0) is 25.1 Å². The number of hydrogen-bond donors (Lipinski definition) is 2. The topological polar surface area (TPSA) is 62.6 Å². The number of aliphatic hydroxyl groups excluding tert-OH is 1. The fraction of sp³-hybridized carbons (Fsp3) is 0.375. The van der Waals surface area contributed by atoms with Gasteiger partial charge in [-0.3, -0.25) is 4.90 Å². The molecule has 1 heterocycles. The first-order valence-electron chi connectivity index (χ1n) is 6.82. The van der Waals surface area contributed by atoms with Gasteiger partial charge in [-0.2, -0.15) is 0 Å². The first-order valence-corrected chi connectivity index (χ1v) is 6.82. The maximum Gasteiger partial charge on any atom is 0.0947 e. The van der Waals surface area contributed by atoms with Gasteiger partial charge in [-0.15, -0.1) is 0 Å². The minimum atomic E-state index is -0.549. The number of rotatable bonds is 7. The Morgan fingerprint density at radius 3 is 2.60 bits per heavy atom. The van der Waals surface area contributed by atoms with Gasteiger partial charge < -0.3 is 15.3 Å². The Labute approximate surface area is 119 Å².